The molecule has 3 aromatic carbocycles. The highest BCUT2D eigenvalue weighted by atomic mass is 35.5. The number of halogens is 2. The lowest BCUT2D eigenvalue weighted by Gasteiger charge is -2.14. The first-order chi connectivity index (χ1) is 18.7. The van der Waals surface area contributed by atoms with Gasteiger partial charge >= 0.3 is 0 Å². The Labute approximate surface area is 238 Å². The van der Waals surface area contributed by atoms with E-state index < -0.39 is 11.1 Å². The third-order valence-electron chi connectivity index (χ3n) is 6.02. The third kappa shape index (κ3) is 6.00. The van der Waals surface area contributed by atoms with Crippen LogP contribution in [0.1, 0.15) is 22.3 Å². The van der Waals surface area contributed by atoms with Gasteiger partial charge in [-0.15, -0.1) is 0 Å². The Morgan fingerprint density at radius 2 is 1.82 bits per heavy atom. The third-order valence-corrected chi connectivity index (χ3v) is 7.58. The lowest BCUT2D eigenvalue weighted by molar-refractivity contribution is -0.123. The molecule has 2 aliphatic rings. The van der Waals surface area contributed by atoms with Gasteiger partial charge in [0.1, 0.15) is 5.75 Å². The van der Waals surface area contributed by atoms with Gasteiger partial charge in [0.25, 0.3) is 17.1 Å². The first-order valence-corrected chi connectivity index (χ1v) is 13.4. The van der Waals surface area contributed by atoms with Crippen LogP contribution >= 0.6 is 35.0 Å². The van der Waals surface area contributed by atoms with E-state index in [1.54, 1.807) is 36.4 Å². The van der Waals surface area contributed by atoms with Crippen LogP contribution in [-0.4, -0.2) is 35.4 Å². The molecule has 2 heterocycles. The molecule has 0 aromatic heterocycles. The summed E-state index contributed by atoms with van der Waals surface area (Å²) in [6.45, 7) is 3.71. The van der Waals surface area contributed by atoms with Gasteiger partial charge in [0.2, 0.25) is 6.79 Å². The number of anilines is 1. The standard InChI is InChI=1S/C28H22Cl2N2O6S/c1-15-3-4-16(2)21(7-15)31-26(33)13-36-22-6-5-17(8-20(22)30)9-25-27(34)32(28(35)39-25)12-18-10-23-24(11-19(18)29)38-14-37-23/h3-11H,12-14H2,1-2H3,(H,31,33)/b25-9-. The van der Waals surface area contributed by atoms with Crippen LogP contribution in [0.5, 0.6) is 17.2 Å². The zero-order valence-corrected chi connectivity index (χ0v) is 23.2. The van der Waals surface area contributed by atoms with Gasteiger partial charge in [-0.1, -0.05) is 41.4 Å². The number of carbonyl (C=O) groups is 3. The van der Waals surface area contributed by atoms with Crippen molar-refractivity contribution in [2.24, 2.45) is 0 Å². The lowest BCUT2D eigenvalue weighted by Crippen LogP contribution is -2.27. The summed E-state index contributed by atoms with van der Waals surface area (Å²) in [6.07, 6.45) is 1.58. The molecular weight excluding hydrogens is 563 g/mol. The zero-order valence-electron chi connectivity index (χ0n) is 20.9. The number of thioether (sulfide) groups is 1. The van der Waals surface area contributed by atoms with E-state index >= 15 is 0 Å². The summed E-state index contributed by atoms with van der Waals surface area (Å²) in [4.78, 5) is 39.4. The van der Waals surface area contributed by atoms with E-state index in [9.17, 15) is 14.4 Å². The molecule has 0 spiro atoms. The molecule has 0 aliphatic carbocycles. The van der Waals surface area contributed by atoms with Crippen LogP contribution in [-0.2, 0) is 16.1 Å². The first kappa shape index (κ1) is 26.9. The molecule has 0 saturated carbocycles. The molecular formula is C28H22Cl2N2O6S. The van der Waals surface area contributed by atoms with Gasteiger partial charge in [-0.2, -0.15) is 0 Å². The molecule has 200 valence electrons. The minimum atomic E-state index is -0.446. The molecule has 0 atom stereocenters. The van der Waals surface area contributed by atoms with Crippen LogP contribution in [0, 0.1) is 13.8 Å². The van der Waals surface area contributed by atoms with Gasteiger partial charge in [0.15, 0.2) is 18.1 Å². The number of nitrogens with one attached hydrogen (secondary N) is 1. The highest BCUT2D eigenvalue weighted by molar-refractivity contribution is 8.18. The molecule has 1 N–H and O–H groups in total. The van der Waals surface area contributed by atoms with Crippen LogP contribution in [0.2, 0.25) is 10.0 Å². The summed E-state index contributed by atoms with van der Waals surface area (Å²) in [6, 6.07) is 14.0. The number of hydrogen-bond donors (Lipinski definition) is 1. The largest absolute Gasteiger partial charge is 0.482 e. The highest BCUT2D eigenvalue weighted by Crippen LogP contribution is 2.39. The summed E-state index contributed by atoms with van der Waals surface area (Å²) in [7, 11) is 0. The molecule has 5 rings (SSSR count). The Morgan fingerprint density at radius 3 is 2.59 bits per heavy atom. The minimum Gasteiger partial charge on any atom is -0.482 e. The summed E-state index contributed by atoms with van der Waals surface area (Å²) >= 11 is 13.5. The second-order valence-corrected chi connectivity index (χ2v) is 10.7. The van der Waals surface area contributed by atoms with Crippen LogP contribution in [0.4, 0.5) is 10.5 Å². The van der Waals surface area contributed by atoms with Crippen molar-refractivity contribution in [3.8, 4) is 17.2 Å². The number of rotatable bonds is 7. The maximum atomic E-state index is 13.0. The van der Waals surface area contributed by atoms with Crippen LogP contribution in [0.15, 0.2) is 53.4 Å². The number of nitrogens with zero attached hydrogens (tertiary/aromatic N) is 1. The van der Waals surface area contributed by atoms with Crippen molar-refractivity contribution in [1.82, 2.24) is 4.90 Å². The Kier molecular flexibility index (Phi) is 7.74. The SMILES string of the molecule is Cc1ccc(C)c(NC(=O)COc2ccc(/C=C3\SC(=O)N(Cc4cc5c(cc4Cl)OCO5)C3=O)cc2Cl)c1. The quantitative estimate of drug-likeness (QED) is 0.313. The smallest absolute Gasteiger partial charge is 0.293 e. The van der Waals surface area contributed by atoms with Crippen molar-refractivity contribution in [3.63, 3.8) is 0 Å². The van der Waals surface area contributed by atoms with Crippen molar-refractivity contribution in [1.29, 1.82) is 0 Å². The van der Waals surface area contributed by atoms with Crippen molar-refractivity contribution >= 4 is 63.8 Å². The monoisotopic (exact) mass is 584 g/mol. The summed E-state index contributed by atoms with van der Waals surface area (Å²) in [5.74, 6) is 0.578. The van der Waals surface area contributed by atoms with Gasteiger partial charge in [-0.3, -0.25) is 19.3 Å². The number of benzene rings is 3. The van der Waals surface area contributed by atoms with Crippen LogP contribution in [0.3, 0.4) is 0 Å². The normalized spacial score (nSPS) is 15.3. The second kappa shape index (κ2) is 11.2. The highest BCUT2D eigenvalue weighted by Gasteiger charge is 2.35. The molecule has 2 aliphatic heterocycles. The van der Waals surface area contributed by atoms with Gasteiger partial charge in [0.05, 0.1) is 16.5 Å². The van der Waals surface area contributed by atoms with E-state index in [0.717, 1.165) is 33.5 Å². The second-order valence-electron chi connectivity index (χ2n) is 8.91. The van der Waals surface area contributed by atoms with E-state index in [0.29, 0.717) is 33.4 Å². The minimum absolute atomic E-state index is 0.00481. The summed E-state index contributed by atoms with van der Waals surface area (Å²) < 4.78 is 16.3. The number of ether oxygens (including phenoxy) is 3. The maximum absolute atomic E-state index is 13.0. The van der Waals surface area contributed by atoms with E-state index in [1.807, 2.05) is 32.0 Å². The van der Waals surface area contributed by atoms with Gasteiger partial charge in [-0.05, 0) is 78.2 Å². The fourth-order valence-corrected chi connectivity index (χ4v) is 5.26. The topological polar surface area (TPSA) is 94.2 Å². The van der Waals surface area contributed by atoms with E-state index in [1.165, 1.54) is 0 Å². The number of aryl methyl sites for hydroxylation is 2. The van der Waals surface area contributed by atoms with E-state index in [2.05, 4.69) is 5.32 Å². The Morgan fingerprint density at radius 1 is 1.05 bits per heavy atom. The number of hydrogen-bond acceptors (Lipinski definition) is 7. The molecule has 11 heteroatoms. The molecule has 0 radical (unpaired) electrons. The van der Waals surface area contributed by atoms with Gasteiger partial charge < -0.3 is 19.5 Å². The molecule has 0 bridgehead atoms. The van der Waals surface area contributed by atoms with Crippen molar-refractivity contribution < 1.29 is 28.6 Å². The molecule has 1 saturated heterocycles. The zero-order chi connectivity index (χ0) is 27.7. The van der Waals surface area contributed by atoms with Gasteiger partial charge in [-0.25, -0.2) is 0 Å². The lowest BCUT2D eigenvalue weighted by atomic mass is 10.1. The fraction of sp³-hybridized carbons (Fsp3) is 0.179. The molecule has 1 fully saturated rings. The van der Waals surface area contributed by atoms with Crippen LogP contribution < -0.4 is 19.5 Å². The number of fused-ring (bicyclic) bond motifs is 1. The molecule has 39 heavy (non-hydrogen) atoms. The Bertz CT molecular complexity index is 1540. The molecule has 3 amide bonds. The maximum Gasteiger partial charge on any atom is 0.293 e. The first-order valence-electron chi connectivity index (χ1n) is 11.8. The van der Waals surface area contributed by atoms with Crippen LogP contribution in [0.25, 0.3) is 6.08 Å². The van der Waals surface area contributed by atoms with Gasteiger partial charge in [0, 0.05) is 16.8 Å². The summed E-state index contributed by atoms with van der Waals surface area (Å²) in [5.41, 5.74) is 3.86. The number of amides is 3. The van der Waals surface area contributed by atoms with Crippen molar-refractivity contribution in [3.05, 3.63) is 85.7 Å². The van der Waals surface area contributed by atoms with Crippen molar-refractivity contribution in [2.75, 3.05) is 18.7 Å². The average Bonchev–Trinajstić information content (AvgIpc) is 3.44. The van der Waals surface area contributed by atoms with Crippen molar-refractivity contribution in [2.45, 2.75) is 20.4 Å². The van der Waals surface area contributed by atoms with E-state index in [4.69, 9.17) is 37.4 Å². The fourth-order valence-electron chi connectivity index (χ4n) is 3.96. The molecule has 8 nitrogen and oxygen atoms in total. The number of imide groups is 1. The molecule has 3 aromatic rings. The Balaban J connectivity index is 1.23. The predicted octanol–water partition coefficient (Wildman–Crippen LogP) is 6.59. The predicted molar refractivity (Wildman–Crippen MR) is 151 cm³/mol. The summed E-state index contributed by atoms with van der Waals surface area (Å²) in [5, 5.41) is 3.04. The van der Waals surface area contributed by atoms with E-state index in [-0.39, 0.29) is 35.8 Å². The Hall–Kier alpha value is -3.66. The average molecular weight is 585 g/mol. The molecule has 0 unspecified atom stereocenters. The number of carbonyl (C=O) groups excluding carboxylic acids is 3.